The molecule has 1 nitrogen and oxygen atoms in total. The monoisotopic (exact) mass is 871 g/mol. The Morgan fingerprint density at radius 1 is 0.343 bits per heavy atom. The highest BCUT2D eigenvalue weighted by Gasteiger charge is 2.58. The van der Waals surface area contributed by atoms with Crippen molar-refractivity contribution < 1.29 is 0 Å². The first-order chi connectivity index (χ1) is 33.0. The van der Waals surface area contributed by atoms with E-state index in [2.05, 4.69) is 255 Å². The molecule has 10 aromatic carbocycles. The lowest BCUT2D eigenvalue weighted by molar-refractivity contribution is 0.627. The van der Waals surface area contributed by atoms with Crippen molar-refractivity contribution >= 4 is 48.6 Å². The minimum atomic E-state index is -0.737. The Morgan fingerprint density at radius 2 is 0.851 bits per heavy atom. The Balaban J connectivity index is 1.13. The smallest absolute Gasteiger partial charge is 0.0728 e. The summed E-state index contributed by atoms with van der Waals surface area (Å²) in [4.78, 5) is 2.61. The number of benzene rings is 10. The van der Waals surface area contributed by atoms with Crippen molar-refractivity contribution in [3.8, 4) is 22.3 Å². The molecule has 0 saturated carbocycles. The van der Waals surface area contributed by atoms with Gasteiger partial charge in [0.1, 0.15) is 0 Å². The van der Waals surface area contributed by atoms with Crippen molar-refractivity contribution in [1.82, 2.24) is 0 Å². The van der Waals surface area contributed by atoms with Crippen LogP contribution in [0.5, 0.6) is 0 Å². The van der Waals surface area contributed by atoms with Crippen LogP contribution in [-0.2, 0) is 16.2 Å². The first-order valence-corrected chi connectivity index (χ1v) is 24.3. The minimum absolute atomic E-state index is 0.176. The highest BCUT2D eigenvalue weighted by Crippen LogP contribution is 2.67. The van der Waals surface area contributed by atoms with Gasteiger partial charge in [0.2, 0.25) is 0 Å². The van der Waals surface area contributed by atoms with Crippen LogP contribution in [0.4, 0.5) is 17.1 Å². The van der Waals surface area contributed by atoms with Gasteiger partial charge < -0.3 is 4.90 Å². The van der Waals surface area contributed by atoms with E-state index in [1.165, 1.54) is 104 Å². The molecule has 0 amide bonds. The number of nitrogens with zero attached hydrogens (tertiary/aromatic N) is 1. The second-order valence-electron chi connectivity index (χ2n) is 19.1. The quantitative estimate of drug-likeness (QED) is 0.161. The zero-order chi connectivity index (χ0) is 44.5. The summed E-state index contributed by atoms with van der Waals surface area (Å²) in [7, 11) is 0. The van der Waals surface area contributed by atoms with Gasteiger partial charge in [-0.15, -0.1) is 11.3 Å². The van der Waals surface area contributed by atoms with E-state index in [0.717, 1.165) is 11.4 Å². The molecule has 3 aliphatic rings. The lowest BCUT2D eigenvalue weighted by Gasteiger charge is -2.50. The molecule has 67 heavy (non-hydrogen) atoms. The number of anilines is 3. The van der Waals surface area contributed by atoms with E-state index in [9.17, 15) is 0 Å². The van der Waals surface area contributed by atoms with Gasteiger partial charge in [-0.1, -0.05) is 220 Å². The summed E-state index contributed by atoms with van der Waals surface area (Å²) in [5, 5.41) is 2.57. The first kappa shape index (κ1) is 38.5. The first-order valence-electron chi connectivity index (χ1n) is 23.5. The summed E-state index contributed by atoms with van der Waals surface area (Å²) in [5.41, 5.74) is 20.4. The maximum absolute atomic E-state index is 2.61. The molecule has 0 aliphatic heterocycles. The van der Waals surface area contributed by atoms with Crippen molar-refractivity contribution in [2.75, 3.05) is 4.90 Å². The molecule has 0 radical (unpaired) electrons. The van der Waals surface area contributed by atoms with Gasteiger partial charge in [-0.05, 0) is 108 Å². The normalized spacial score (nSPS) is 17.9. The average Bonchev–Trinajstić information content (AvgIpc) is 4.00. The Morgan fingerprint density at radius 3 is 1.61 bits per heavy atom. The van der Waals surface area contributed by atoms with E-state index < -0.39 is 10.8 Å². The summed E-state index contributed by atoms with van der Waals surface area (Å²) in [6.45, 7) is 4.78. The van der Waals surface area contributed by atoms with Crippen molar-refractivity contribution in [3.63, 3.8) is 0 Å². The molecule has 11 aromatic rings. The topological polar surface area (TPSA) is 3.24 Å². The van der Waals surface area contributed by atoms with Crippen LogP contribution in [-0.4, -0.2) is 0 Å². The van der Waals surface area contributed by atoms with E-state index >= 15 is 0 Å². The standard InChI is InChI=1S/C65H45NS/c1-63(2)51-30-12-9-25-45(51)47-40-39-44(41-57(47)63)66(59-37-20-29-50-48-27-11-18-38-60(48)67-62(50)59)58-36-17-16-34-55(58)64(42-21-5-3-6-22-42)53-32-14-15-33-54(53)65(43-23-7-4-8-24-43)52-31-13-10-26-46(52)49-28-19-35-56(64)61(49)65/h3-41H,1-2H3. The SMILES string of the molecule is CC1(C)c2ccccc2-c2ccc(N(c3ccccc3C3(c4ccccc4)c4ccccc4C4(c5ccccc5)c5ccccc5-c5cccc3c54)c3cccc4c3sc3ccccc34)cc21. The van der Waals surface area contributed by atoms with E-state index in [1.807, 2.05) is 11.3 Å². The molecule has 0 fully saturated rings. The summed E-state index contributed by atoms with van der Waals surface area (Å²) >= 11 is 1.89. The molecule has 316 valence electrons. The van der Waals surface area contributed by atoms with E-state index in [-0.39, 0.29) is 5.41 Å². The molecule has 2 heteroatoms. The van der Waals surface area contributed by atoms with Crippen molar-refractivity contribution in [1.29, 1.82) is 0 Å². The Kier molecular flexibility index (Phi) is 8.11. The number of fused-ring (bicyclic) bond motifs is 11. The maximum atomic E-state index is 2.61. The summed E-state index contributed by atoms with van der Waals surface area (Å²) in [6.07, 6.45) is 0. The van der Waals surface area contributed by atoms with Gasteiger partial charge in [0.25, 0.3) is 0 Å². The molecule has 1 aromatic heterocycles. The van der Waals surface area contributed by atoms with Gasteiger partial charge in [0.05, 0.1) is 26.9 Å². The van der Waals surface area contributed by atoms with Crippen molar-refractivity contribution in [3.05, 3.63) is 292 Å². The Labute approximate surface area is 395 Å². The lowest BCUT2D eigenvalue weighted by Crippen LogP contribution is -2.44. The number of hydrogen-bond donors (Lipinski definition) is 0. The van der Waals surface area contributed by atoms with Crippen LogP contribution in [0.3, 0.4) is 0 Å². The van der Waals surface area contributed by atoms with Crippen LogP contribution < -0.4 is 4.90 Å². The molecule has 3 aliphatic carbocycles. The van der Waals surface area contributed by atoms with Gasteiger partial charge in [-0.2, -0.15) is 0 Å². The molecule has 0 bridgehead atoms. The highest BCUT2D eigenvalue weighted by atomic mass is 32.1. The third-order valence-corrected chi connectivity index (χ3v) is 16.8. The molecule has 1 heterocycles. The fraction of sp³-hybridized carbons (Fsp3) is 0.0769. The number of thiophene rings is 1. The maximum Gasteiger partial charge on any atom is 0.0728 e. The van der Waals surface area contributed by atoms with Gasteiger partial charge >= 0.3 is 0 Å². The number of hydrogen-bond acceptors (Lipinski definition) is 2. The molecule has 0 saturated heterocycles. The minimum Gasteiger partial charge on any atom is -0.309 e. The van der Waals surface area contributed by atoms with Crippen LogP contribution in [0.15, 0.2) is 237 Å². The van der Waals surface area contributed by atoms with E-state index in [4.69, 9.17) is 0 Å². The van der Waals surface area contributed by atoms with Gasteiger partial charge in [-0.25, -0.2) is 0 Å². The third kappa shape index (κ3) is 4.98. The number of rotatable bonds is 6. The van der Waals surface area contributed by atoms with E-state index in [0.29, 0.717) is 0 Å². The summed E-state index contributed by atoms with van der Waals surface area (Å²) in [6, 6.07) is 89.7. The zero-order valence-corrected chi connectivity index (χ0v) is 38.2. The summed E-state index contributed by atoms with van der Waals surface area (Å²) in [5.74, 6) is 0. The molecular weight excluding hydrogens is 827 g/mol. The van der Waals surface area contributed by atoms with Crippen molar-refractivity contribution in [2.24, 2.45) is 0 Å². The molecule has 14 rings (SSSR count). The van der Waals surface area contributed by atoms with Crippen LogP contribution in [0.25, 0.3) is 42.4 Å². The number of para-hydroxylation sites is 1. The second kappa shape index (κ2) is 14.1. The fourth-order valence-corrected chi connectivity index (χ4v) is 14.2. The zero-order valence-electron chi connectivity index (χ0n) is 37.4. The lowest BCUT2D eigenvalue weighted by atomic mass is 9.51. The molecule has 2 atom stereocenters. The fourth-order valence-electron chi connectivity index (χ4n) is 13.0. The Hall–Kier alpha value is -7.78. The average molecular weight is 872 g/mol. The molecule has 0 N–H and O–H groups in total. The Bertz CT molecular complexity index is 3800. The van der Waals surface area contributed by atoms with Crippen LogP contribution >= 0.6 is 11.3 Å². The van der Waals surface area contributed by atoms with Gasteiger partial charge in [0, 0.05) is 26.6 Å². The van der Waals surface area contributed by atoms with Crippen LogP contribution in [0.2, 0.25) is 0 Å². The molecule has 0 spiro atoms. The van der Waals surface area contributed by atoms with E-state index in [1.54, 1.807) is 0 Å². The third-order valence-electron chi connectivity index (χ3n) is 15.6. The highest BCUT2D eigenvalue weighted by molar-refractivity contribution is 7.26. The largest absolute Gasteiger partial charge is 0.309 e. The van der Waals surface area contributed by atoms with Crippen LogP contribution in [0.1, 0.15) is 69.5 Å². The predicted octanol–water partition coefficient (Wildman–Crippen LogP) is 16.9. The molecular formula is C65H45NS. The molecule has 2 unspecified atom stereocenters. The van der Waals surface area contributed by atoms with Gasteiger partial charge in [-0.3, -0.25) is 0 Å². The van der Waals surface area contributed by atoms with Crippen molar-refractivity contribution in [2.45, 2.75) is 30.1 Å². The second-order valence-corrected chi connectivity index (χ2v) is 20.1. The summed E-state index contributed by atoms with van der Waals surface area (Å²) < 4.78 is 2.57. The van der Waals surface area contributed by atoms with Gasteiger partial charge in [0.15, 0.2) is 0 Å². The van der Waals surface area contributed by atoms with Crippen LogP contribution in [0, 0.1) is 0 Å². The predicted molar refractivity (Wildman–Crippen MR) is 281 cm³/mol.